The van der Waals surface area contributed by atoms with Gasteiger partial charge >= 0.3 is 0 Å². The Labute approximate surface area is 134 Å². The van der Waals surface area contributed by atoms with Gasteiger partial charge in [0.05, 0.1) is 5.92 Å². The van der Waals surface area contributed by atoms with Crippen LogP contribution in [0.5, 0.6) is 0 Å². The number of rotatable bonds is 3. The molecule has 2 amide bonds. The normalized spacial score (nSPS) is 22.9. The Morgan fingerprint density at radius 2 is 1.91 bits per heavy atom. The number of halogens is 1. The number of hydrogen-bond acceptors (Lipinski definition) is 3. The van der Waals surface area contributed by atoms with Gasteiger partial charge in [0.15, 0.2) is 0 Å². The highest BCUT2D eigenvalue weighted by atomic mass is 35.5. The van der Waals surface area contributed by atoms with E-state index in [1.807, 2.05) is 4.90 Å². The number of nitrogens with zero attached hydrogens (tertiary/aromatic N) is 1. The fourth-order valence-electron chi connectivity index (χ4n) is 3.03. The van der Waals surface area contributed by atoms with Gasteiger partial charge in [-0.15, -0.1) is 0 Å². The van der Waals surface area contributed by atoms with Crippen LogP contribution in [0.1, 0.15) is 19.3 Å². The third-order valence-corrected chi connectivity index (χ3v) is 4.52. The van der Waals surface area contributed by atoms with Crippen molar-refractivity contribution in [2.45, 2.75) is 25.3 Å². The van der Waals surface area contributed by atoms with Crippen molar-refractivity contribution in [2.75, 3.05) is 25.1 Å². The van der Waals surface area contributed by atoms with Crippen LogP contribution in [0.4, 0.5) is 5.69 Å². The molecule has 2 aliphatic heterocycles. The van der Waals surface area contributed by atoms with Crippen LogP contribution in [-0.2, 0) is 14.3 Å². The van der Waals surface area contributed by atoms with Crippen molar-refractivity contribution in [3.8, 4) is 0 Å². The highest BCUT2D eigenvalue weighted by Crippen LogP contribution is 2.26. The first kappa shape index (κ1) is 15.3. The predicted molar refractivity (Wildman–Crippen MR) is 83.7 cm³/mol. The summed E-state index contributed by atoms with van der Waals surface area (Å²) in [4.78, 5) is 26.4. The summed E-state index contributed by atoms with van der Waals surface area (Å²) in [6, 6.07) is 7.19. The van der Waals surface area contributed by atoms with E-state index in [-0.39, 0.29) is 30.2 Å². The van der Waals surface area contributed by atoms with E-state index >= 15 is 0 Å². The fourth-order valence-corrected chi connectivity index (χ4v) is 3.16. The molecule has 1 unspecified atom stereocenters. The van der Waals surface area contributed by atoms with Gasteiger partial charge in [0.2, 0.25) is 11.8 Å². The highest BCUT2D eigenvalue weighted by Gasteiger charge is 2.38. The molecule has 1 N–H and O–H groups in total. The average Bonchev–Trinajstić information content (AvgIpc) is 2.92. The summed E-state index contributed by atoms with van der Waals surface area (Å²) in [5.74, 6) is -0.320. The summed E-state index contributed by atoms with van der Waals surface area (Å²) in [6.07, 6.45) is 2.01. The second kappa shape index (κ2) is 6.67. The molecule has 6 heteroatoms. The second-order valence-corrected chi connectivity index (χ2v) is 6.22. The number of anilines is 1. The summed E-state index contributed by atoms with van der Waals surface area (Å²) in [5.41, 5.74) is 0.700. The first-order chi connectivity index (χ1) is 10.6. The minimum Gasteiger partial charge on any atom is -0.381 e. The number of carbonyl (C=O) groups is 2. The van der Waals surface area contributed by atoms with Crippen LogP contribution in [-0.4, -0.2) is 42.5 Å². The molecule has 2 saturated heterocycles. The monoisotopic (exact) mass is 322 g/mol. The van der Waals surface area contributed by atoms with Gasteiger partial charge in [-0.2, -0.15) is 0 Å². The standard InChI is InChI=1S/C16H19ClN2O3/c17-12-1-3-13(4-2-12)18-16(21)11-9-15(20)19(10-11)14-5-7-22-8-6-14/h1-4,11,14H,5-10H2,(H,18,21). The van der Waals surface area contributed by atoms with E-state index < -0.39 is 0 Å². The van der Waals surface area contributed by atoms with Crippen LogP contribution in [0, 0.1) is 5.92 Å². The zero-order chi connectivity index (χ0) is 15.5. The molecule has 0 aromatic heterocycles. The van der Waals surface area contributed by atoms with Gasteiger partial charge < -0.3 is 15.0 Å². The molecule has 2 fully saturated rings. The SMILES string of the molecule is O=C(Nc1ccc(Cl)cc1)C1CC(=O)N(C2CCOCC2)C1. The average molecular weight is 323 g/mol. The molecule has 5 nitrogen and oxygen atoms in total. The number of ether oxygens (including phenoxy) is 1. The van der Waals surface area contributed by atoms with Crippen LogP contribution < -0.4 is 5.32 Å². The number of nitrogens with one attached hydrogen (secondary N) is 1. The van der Waals surface area contributed by atoms with E-state index in [1.165, 1.54) is 0 Å². The molecule has 0 aliphatic carbocycles. The molecule has 0 bridgehead atoms. The van der Waals surface area contributed by atoms with Crippen molar-refractivity contribution in [3.63, 3.8) is 0 Å². The first-order valence-electron chi connectivity index (χ1n) is 7.57. The van der Waals surface area contributed by atoms with Gasteiger partial charge in [0.1, 0.15) is 0 Å². The van der Waals surface area contributed by atoms with Gasteiger partial charge in [0.25, 0.3) is 0 Å². The molecule has 2 heterocycles. The molecule has 22 heavy (non-hydrogen) atoms. The number of carbonyl (C=O) groups excluding carboxylic acids is 2. The third kappa shape index (κ3) is 3.42. The Balaban J connectivity index is 1.59. The summed E-state index contributed by atoms with van der Waals surface area (Å²) >= 11 is 5.83. The summed E-state index contributed by atoms with van der Waals surface area (Å²) < 4.78 is 5.33. The fraction of sp³-hybridized carbons (Fsp3) is 0.500. The van der Waals surface area contributed by atoms with E-state index in [2.05, 4.69) is 5.32 Å². The Bertz CT molecular complexity index is 555. The molecular formula is C16H19ClN2O3. The topological polar surface area (TPSA) is 58.6 Å². The van der Waals surface area contributed by atoms with Gasteiger partial charge in [-0.3, -0.25) is 9.59 Å². The maximum Gasteiger partial charge on any atom is 0.229 e. The Morgan fingerprint density at radius 3 is 2.59 bits per heavy atom. The molecule has 1 atom stereocenters. The number of hydrogen-bond donors (Lipinski definition) is 1. The lowest BCUT2D eigenvalue weighted by molar-refractivity contribution is -0.131. The van der Waals surface area contributed by atoms with Crippen molar-refractivity contribution < 1.29 is 14.3 Å². The van der Waals surface area contributed by atoms with Crippen molar-refractivity contribution in [3.05, 3.63) is 29.3 Å². The van der Waals surface area contributed by atoms with Crippen molar-refractivity contribution in [2.24, 2.45) is 5.92 Å². The van der Waals surface area contributed by atoms with E-state index in [0.29, 0.717) is 30.5 Å². The van der Waals surface area contributed by atoms with Gasteiger partial charge in [-0.25, -0.2) is 0 Å². The van der Waals surface area contributed by atoms with Crippen LogP contribution >= 0.6 is 11.6 Å². The van der Waals surface area contributed by atoms with Crippen LogP contribution in [0.15, 0.2) is 24.3 Å². The Hall–Kier alpha value is -1.59. The molecule has 1 aromatic carbocycles. The second-order valence-electron chi connectivity index (χ2n) is 5.79. The van der Waals surface area contributed by atoms with Gasteiger partial charge in [-0.05, 0) is 37.1 Å². The zero-order valence-corrected chi connectivity index (χ0v) is 13.0. The molecule has 118 valence electrons. The van der Waals surface area contributed by atoms with E-state index in [9.17, 15) is 9.59 Å². The molecule has 0 spiro atoms. The maximum absolute atomic E-state index is 12.3. The van der Waals surface area contributed by atoms with Crippen molar-refractivity contribution in [1.29, 1.82) is 0 Å². The zero-order valence-electron chi connectivity index (χ0n) is 12.3. The summed E-state index contributed by atoms with van der Waals surface area (Å²) in [7, 11) is 0. The van der Waals surface area contributed by atoms with Crippen molar-refractivity contribution >= 4 is 29.1 Å². The first-order valence-corrected chi connectivity index (χ1v) is 7.95. The Kier molecular flexibility index (Phi) is 4.64. The molecule has 1 aromatic rings. The lowest BCUT2D eigenvalue weighted by atomic mass is 10.1. The van der Waals surface area contributed by atoms with Crippen LogP contribution in [0.3, 0.4) is 0 Å². The van der Waals surface area contributed by atoms with Gasteiger partial charge in [0, 0.05) is 42.9 Å². The van der Waals surface area contributed by atoms with Crippen LogP contribution in [0.2, 0.25) is 5.02 Å². The smallest absolute Gasteiger partial charge is 0.229 e. The van der Waals surface area contributed by atoms with E-state index in [0.717, 1.165) is 12.8 Å². The molecule has 2 aliphatic rings. The molecule has 0 radical (unpaired) electrons. The minimum atomic E-state index is -0.286. The largest absolute Gasteiger partial charge is 0.381 e. The minimum absolute atomic E-state index is 0.0724. The number of amides is 2. The van der Waals surface area contributed by atoms with E-state index in [1.54, 1.807) is 24.3 Å². The molecule has 3 rings (SSSR count). The molecule has 0 saturated carbocycles. The number of benzene rings is 1. The predicted octanol–water partition coefficient (Wildman–Crippen LogP) is 2.31. The lowest BCUT2D eigenvalue weighted by Crippen LogP contribution is -2.41. The number of likely N-dealkylation sites (tertiary alicyclic amines) is 1. The quantitative estimate of drug-likeness (QED) is 0.929. The maximum atomic E-state index is 12.3. The van der Waals surface area contributed by atoms with Crippen molar-refractivity contribution in [1.82, 2.24) is 4.90 Å². The summed E-state index contributed by atoms with van der Waals surface area (Å²) in [6.45, 7) is 1.88. The summed E-state index contributed by atoms with van der Waals surface area (Å²) in [5, 5.41) is 3.48. The molecular weight excluding hydrogens is 304 g/mol. The highest BCUT2D eigenvalue weighted by molar-refractivity contribution is 6.30. The van der Waals surface area contributed by atoms with Gasteiger partial charge in [-0.1, -0.05) is 11.6 Å². The van der Waals surface area contributed by atoms with E-state index in [4.69, 9.17) is 16.3 Å². The third-order valence-electron chi connectivity index (χ3n) is 4.27. The lowest BCUT2D eigenvalue weighted by Gasteiger charge is -2.31. The Morgan fingerprint density at radius 1 is 1.23 bits per heavy atom. The van der Waals surface area contributed by atoms with Crippen LogP contribution in [0.25, 0.3) is 0 Å².